The maximum absolute atomic E-state index is 12.4. The van der Waals surface area contributed by atoms with Crippen LogP contribution < -0.4 is 4.74 Å². The predicted octanol–water partition coefficient (Wildman–Crippen LogP) is 3.89. The van der Waals surface area contributed by atoms with E-state index in [1.807, 2.05) is 33.9 Å². The van der Waals surface area contributed by atoms with Gasteiger partial charge in [-0.05, 0) is 49.4 Å². The van der Waals surface area contributed by atoms with Crippen molar-refractivity contribution in [3.63, 3.8) is 0 Å². The van der Waals surface area contributed by atoms with Crippen molar-refractivity contribution in [3.8, 4) is 17.1 Å². The first-order chi connectivity index (χ1) is 14.7. The molecule has 8 heteroatoms. The van der Waals surface area contributed by atoms with Crippen LogP contribution in [0.3, 0.4) is 0 Å². The number of pyridine rings is 2. The minimum atomic E-state index is -3.46. The van der Waals surface area contributed by atoms with E-state index in [0.29, 0.717) is 35.7 Å². The SMILES string of the molecule is CCc1cc2c(nc1-c1cc(S(C)(=O)=O)c(CC)nc1OC)c(C)cn2[C@H](CC)CO. The van der Waals surface area contributed by atoms with Crippen LogP contribution >= 0.6 is 0 Å². The lowest BCUT2D eigenvalue weighted by atomic mass is 10.0. The van der Waals surface area contributed by atoms with E-state index in [4.69, 9.17) is 9.72 Å². The third kappa shape index (κ3) is 4.19. The molecule has 0 saturated heterocycles. The zero-order valence-corrected chi connectivity index (χ0v) is 19.9. The minimum Gasteiger partial charge on any atom is -0.480 e. The van der Waals surface area contributed by atoms with Crippen LogP contribution in [0, 0.1) is 6.92 Å². The number of hydrogen-bond acceptors (Lipinski definition) is 6. The number of aliphatic hydroxyl groups excluding tert-OH is 1. The van der Waals surface area contributed by atoms with Crippen LogP contribution in [0.5, 0.6) is 5.88 Å². The molecule has 168 valence electrons. The van der Waals surface area contributed by atoms with Crippen LogP contribution in [-0.2, 0) is 22.7 Å². The van der Waals surface area contributed by atoms with Crippen LogP contribution in [0.15, 0.2) is 23.2 Å². The number of aromatic nitrogens is 3. The Balaban J connectivity index is 2.36. The molecule has 0 amide bonds. The zero-order valence-electron chi connectivity index (χ0n) is 19.1. The fourth-order valence-electron chi connectivity index (χ4n) is 4.00. The van der Waals surface area contributed by atoms with E-state index < -0.39 is 9.84 Å². The van der Waals surface area contributed by atoms with Crippen molar-refractivity contribution < 1.29 is 18.3 Å². The van der Waals surface area contributed by atoms with Gasteiger partial charge in [0.25, 0.3) is 0 Å². The summed E-state index contributed by atoms with van der Waals surface area (Å²) in [6.45, 7) is 7.99. The summed E-state index contributed by atoms with van der Waals surface area (Å²) in [4.78, 5) is 9.67. The Morgan fingerprint density at radius 3 is 2.39 bits per heavy atom. The summed E-state index contributed by atoms with van der Waals surface area (Å²) < 4.78 is 32.5. The summed E-state index contributed by atoms with van der Waals surface area (Å²) in [5, 5.41) is 9.81. The van der Waals surface area contributed by atoms with Gasteiger partial charge < -0.3 is 14.4 Å². The van der Waals surface area contributed by atoms with E-state index in [1.165, 1.54) is 13.4 Å². The molecule has 3 heterocycles. The quantitative estimate of drug-likeness (QED) is 0.565. The van der Waals surface area contributed by atoms with Gasteiger partial charge in [0.2, 0.25) is 5.88 Å². The number of rotatable bonds is 8. The van der Waals surface area contributed by atoms with Crippen LogP contribution in [-0.4, -0.2) is 48.0 Å². The average Bonchev–Trinajstić information content (AvgIpc) is 3.07. The van der Waals surface area contributed by atoms with Crippen molar-refractivity contribution in [3.05, 3.63) is 35.2 Å². The summed E-state index contributed by atoms with van der Waals surface area (Å²) in [7, 11) is -1.93. The highest BCUT2D eigenvalue weighted by atomic mass is 32.2. The Morgan fingerprint density at radius 2 is 1.87 bits per heavy atom. The molecule has 31 heavy (non-hydrogen) atoms. The molecule has 1 N–H and O–H groups in total. The van der Waals surface area contributed by atoms with Gasteiger partial charge in [-0.25, -0.2) is 18.4 Å². The van der Waals surface area contributed by atoms with Crippen LogP contribution in [0.1, 0.15) is 50.1 Å². The minimum absolute atomic E-state index is 0.0227. The molecule has 0 aromatic carbocycles. The Hall–Kier alpha value is -2.45. The van der Waals surface area contributed by atoms with Gasteiger partial charge in [-0.3, -0.25) is 0 Å². The maximum atomic E-state index is 12.4. The molecule has 0 aliphatic heterocycles. The largest absolute Gasteiger partial charge is 0.480 e. The number of nitrogens with zero attached hydrogens (tertiary/aromatic N) is 3. The summed E-state index contributed by atoms with van der Waals surface area (Å²) in [6.07, 6.45) is 5.19. The van der Waals surface area contributed by atoms with E-state index in [2.05, 4.69) is 15.6 Å². The number of ether oxygens (including phenoxy) is 1. The Labute approximate surface area is 184 Å². The third-order valence-corrected chi connectivity index (χ3v) is 6.88. The highest BCUT2D eigenvalue weighted by Crippen LogP contribution is 2.36. The van der Waals surface area contributed by atoms with Gasteiger partial charge in [-0.2, -0.15) is 0 Å². The fraction of sp³-hybridized carbons (Fsp3) is 0.478. The number of fused-ring (bicyclic) bond motifs is 1. The fourth-order valence-corrected chi connectivity index (χ4v) is 4.95. The van der Waals surface area contributed by atoms with Gasteiger partial charge in [-0.15, -0.1) is 0 Å². The molecule has 0 unspecified atom stereocenters. The van der Waals surface area contributed by atoms with E-state index in [-0.39, 0.29) is 17.5 Å². The Morgan fingerprint density at radius 1 is 1.16 bits per heavy atom. The monoisotopic (exact) mass is 445 g/mol. The van der Waals surface area contributed by atoms with Gasteiger partial charge in [0.15, 0.2) is 9.84 Å². The van der Waals surface area contributed by atoms with Crippen molar-refractivity contribution in [2.24, 2.45) is 0 Å². The molecular weight excluding hydrogens is 414 g/mol. The van der Waals surface area contributed by atoms with Crippen molar-refractivity contribution in [2.45, 2.75) is 57.9 Å². The molecule has 0 aliphatic carbocycles. The number of aryl methyl sites for hydroxylation is 3. The maximum Gasteiger partial charge on any atom is 0.223 e. The number of hydrogen-bond donors (Lipinski definition) is 1. The lowest BCUT2D eigenvalue weighted by Crippen LogP contribution is -2.11. The van der Waals surface area contributed by atoms with Gasteiger partial charge >= 0.3 is 0 Å². The van der Waals surface area contributed by atoms with Gasteiger partial charge in [0, 0.05) is 12.5 Å². The van der Waals surface area contributed by atoms with Crippen molar-refractivity contribution in [1.82, 2.24) is 14.5 Å². The predicted molar refractivity (Wildman–Crippen MR) is 123 cm³/mol. The molecule has 1 atom stereocenters. The van der Waals surface area contributed by atoms with Crippen LogP contribution in [0.25, 0.3) is 22.3 Å². The van der Waals surface area contributed by atoms with E-state index in [0.717, 1.165) is 28.6 Å². The molecule has 3 aromatic heterocycles. The van der Waals surface area contributed by atoms with Gasteiger partial charge in [-0.1, -0.05) is 20.8 Å². The molecule has 3 rings (SSSR count). The van der Waals surface area contributed by atoms with Crippen LogP contribution in [0.4, 0.5) is 0 Å². The molecule has 3 aromatic rings. The van der Waals surface area contributed by atoms with Gasteiger partial charge in [0.05, 0.1) is 52.6 Å². The number of sulfone groups is 1. The molecule has 0 fully saturated rings. The third-order valence-electron chi connectivity index (χ3n) is 5.73. The lowest BCUT2D eigenvalue weighted by molar-refractivity contribution is 0.227. The summed E-state index contributed by atoms with van der Waals surface area (Å²) in [5.74, 6) is 0.365. The van der Waals surface area contributed by atoms with Crippen molar-refractivity contribution in [2.75, 3.05) is 20.0 Å². The topological polar surface area (TPSA) is 94.3 Å². The molecule has 0 radical (unpaired) electrons. The highest BCUT2D eigenvalue weighted by molar-refractivity contribution is 7.90. The standard InChI is InChI=1S/C23H31N3O4S/c1-7-15-10-19-21(14(4)12-26(19)16(8-2)13-27)25-22(15)17-11-20(31(6,28)29)18(9-3)24-23(17)30-5/h10-12,16,27H,7-9,13H2,1-6H3/t16-/m1/s1. The Kier molecular flexibility index (Phi) is 6.71. The molecule has 0 aliphatic rings. The van der Waals surface area contributed by atoms with Crippen molar-refractivity contribution >= 4 is 20.9 Å². The second-order valence-corrected chi connectivity index (χ2v) is 9.78. The first kappa shape index (κ1) is 23.2. The average molecular weight is 446 g/mol. The van der Waals surface area contributed by atoms with Gasteiger partial charge in [0.1, 0.15) is 0 Å². The summed E-state index contributed by atoms with van der Waals surface area (Å²) in [5.41, 5.74) is 5.46. The second kappa shape index (κ2) is 8.96. The van der Waals surface area contributed by atoms with E-state index >= 15 is 0 Å². The summed E-state index contributed by atoms with van der Waals surface area (Å²) >= 11 is 0. The normalized spacial score (nSPS) is 13.0. The van der Waals surface area contributed by atoms with E-state index in [9.17, 15) is 13.5 Å². The summed E-state index contributed by atoms with van der Waals surface area (Å²) in [6, 6.07) is 3.70. The molecule has 0 spiro atoms. The van der Waals surface area contributed by atoms with Crippen LogP contribution in [0.2, 0.25) is 0 Å². The molecule has 0 bridgehead atoms. The zero-order chi connectivity index (χ0) is 22.9. The first-order valence-electron chi connectivity index (χ1n) is 10.6. The molecule has 0 saturated carbocycles. The van der Waals surface area contributed by atoms with Crippen molar-refractivity contribution in [1.29, 1.82) is 0 Å². The Bertz CT molecular complexity index is 1210. The molecular formula is C23H31N3O4S. The second-order valence-electron chi connectivity index (χ2n) is 7.80. The number of aliphatic hydroxyl groups is 1. The van der Waals surface area contributed by atoms with E-state index in [1.54, 1.807) is 6.07 Å². The molecule has 7 nitrogen and oxygen atoms in total. The smallest absolute Gasteiger partial charge is 0.223 e. The lowest BCUT2D eigenvalue weighted by Gasteiger charge is -2.17. The first-order valence-corrected chi connectivity index (χ1v) is 12.5. The highest BCUT2D eigenvalue weighted by Gasteiger charge is 2.23. The number of methoxy groups -OCH3 is 1.